The van der Waals surface area contributed by atoms with Gasteiger partial charge in [-0.2, -0.15) is 0 Å². The fraction of sp³-hybridized carbons (Fsp3) is 0.455. The molecule has 0 radical (unpaired) electrons. The van der Waals surface area contributed by atoms with Crippen LogP contribution in [0.2, 0.25) is 0 Å². The second-order valence-corrected chi connectivity index (χ2v) is 7.67. The summed E-state index contributed by atoms with van der Waals surface area (Å²) >= 11 is 0. The van der Waals surface area contributed by atoms with E-state index in [2.05, 4.69) is 9.80 Å². The van der Waals surface area contributed by atoms with Crippen LogP contribution in [0.1, 0.15) is 24.2 Å². The fourth-order valence-corrected chi connectivity index (χ4v) is 3.79. The molecule has 0 unspecified atom stereocenters. The van der Waals surface area contributed by atoms with E-state index in [0.29, 0.717) is 24.7 Å². The van der Waals surface area contributed by atoms with Crippen molar-refractivity contribution in [2.75, 3.05) is 62.0 Å². The number of hydrogen-bond donors (Lipinski definition) is 2. The minimum absolute atomic E-state index is 0.248. The summed E-state index contributed by atoms with van der Waals surface area (Å²) in [6, 6.07) is 8.12. The first-order valence-electron chi connectivity index (χ1n) is 10.5. The first-order chi connectivity index (χ1) is 14.6. The highest BCUT2D eigenvalue weighted by Crippen LogP contribution is 2.32. The van der Waals surface area contributed by atoms with Gasteiger partial charge in [0.1, 0.15) is 11.4 Å². The molecule has 0 amide bonds. The second-order valence-electron chi connectivity index (χ2n) is 7.67. The molecule has 1 aromatic heterocycles. The second kappa shape index (κ2) is 9.32. The van der Waals surface area contributed by atoms with Crippen LogP contribution in [-0.2, 0) is 4.74 Å². The van der Waals surface area contributed by atoms with Gasteiger partial charge in [0, 0.05) is 32.2 Å². The van der Waals surface area contributed by atoms with E-state index in [4.69, 9.17) is 30.9 Å². The zero-order valence-corrected chi connectivity index (χ0v) is 17.5. The summed E-state index contributed by atoms with van der Waals surface area (Å²) in [4.78, 5) is 14.0. The number of methoxy groups -OCH3 is 1. The first-order valence-corrected chi connectivity index (χ1v) is 10.5. The maximum absolute atomic E-state index is 6.57. The molecule has 2 aromatic rings. The largest absolute Gasteiger partial charge is 0.497 e. The van der Waals surface area contributed by atoms with E-state index in [-0.39, 0.29) is 6.04 Å². The van der Waals surface area contributed by atoms with Crippen LogP contribution in [0.3, 0.4) is 0 Å². The lowest BCUT2D eigenvalue weighted by atomic mass is 10.1. The molecule has 8 heteroatoms. The van der Waals surface area contributed by atoms with Crippen LogP contribution in [0.4, 0.5) is 17.3 Å². The number of nitrogen functional groups attached to an aromatic ring is 1. The molecule has 0 bridgehead atoms. The van der Waals surface area contributed by atoms with Crippen molar-refractivity contribution in [3.8, 4) is 5.75 Å². The van der Waals surface area contributed by atoms with E-state index in [1.807, 2.05) is 36.4 Å². The molecule has 3 heterocycles. The minimum Gasteiger partial charge on any atom is -0.497 e. The molecule has 2 aliphatic rings. The topological polar surface area (TPSA) is 103 Å². The zero-order chi connectivity index (χ0) is 20.9. The van der Waals surface area contributed by atoms with Gasteiger partial charge in [0.25, 0.3) is 0 Å². The maximum atomic E-state index is 6.57. The molecule has 0 atom stereocenters. The van der Waals surface area contributed by atoms with E-state index >= 15 is 0 Å². The van der Waals surface area contributed by atoms with Gasteiger partial charge in [-0.25, -0.2) is 9.97 Å². The monoisotopic (exact) mass is 410 g/mol. The number of hydrogen-bond acceptors (Lipinski definition) is 8. The van der Waals surface area contributed by atoms with Crippen molar-refractivity contribution in [1.82, 2.24) is 9.97 Å². The predicted octanol–water partition coefficient (Wildman–Crippen LogP) is 2.00. The van der Waals surface area contributed by atoms with Crippen LogP contribution in [0.15, 0.2) is 24.3 Å². The van der Waals surface area contributed by atoms with Gasteiger partial charge in [-0.1, -0.05) is 18.2 Å². The molecule has 30 heavy (non-hydrogen) atoms. The number of nitrogens with zero attached hydrogens (tertiary/aromatic N) is 4. The van der Waals surface area contributed by atoms with Gasteiger partial charge in [0.2, 0.25) is 0 Å². The predicted molar refractivity (Wildman–Crippen MR) is 121 cm³/mol. The van der Waals surface area contributed by atoms with Gasteiger partial charge in [-0.05, 0) is 36.6 Å². The van der Waals surface area contributed by atoms with Crippen LogP contribution in [-0.4, -0.2) is 62.5 Å². The number of rotatable bonds is 5. The van der Waals surface area contributed by atoms with Gasteiger partial charge < -0.3 is 30.7 Å². The highest BCUT2D eigenvalue weighted by atomic mass is 16.5. The molecule has 0 spiro atoms. The molecular weight excluding hydrogens is 380 g/mol. The van der Waals surface area contributed by atoms with Crippen LogP contribution in [0, 0.1) is 0 Å². The minimum atomic E-state index is 0.248. The molecule has 160 valence electrons. The quantitative estimate of drug-likeness (QED) is 0.772. The Bertz CT molecular complexity index is 872. The Kier molecular flexibility index (Phi) is 6.35. The molecule has 4 rings (SSSR count). The number of morpholine rings is 1. The lowest BCUT2D eigenvalue weighted by Gasteiger charge is -2.34. The number of piperidine rings is 1. The van der Waals surface area contributed by atoms with Crippen LogP contribution in [0.5, 0.6) is 5.75 Å². The molecule has 2 aliphatic heterocycles. The maximum Gasteiger partial charge on any atom is 0.158 e. The molecule has 0 aliphatic carbocycles. The fourth-order valence-electron chi connectivity index (χ4n) is 3.79. The van der Waals surface area contributed by atoms with Crippen LogP contribution >= 0.6 is 0 Å². The van der Waals surface area contributed by atoms with Gasteiger partial charge in [0.05, 0.1) is 20.3 Å². The smallest absolute Gasteiger partial charge is 0.158 e. The van der Waals surface area contributed by atoms with Gasteiger partial charge in [0.15, 0.2) is 17.5 Å². The Morgan fingerprint density at radius 3 is 2.17 bits per heavy atom. The molecule has 1 aromatic carbocycles. The zero-order valence-electron chi connectivity index (χ0n) is 17.5. The summed E-state index contributed by atoms with van der Waals surface area (Å²) in [5.41, 5.74) is 14.3. The van der Waals surface area contributed by atoms with E-state index in [0.717, 1.165) is 62.0 Å². The Labute approximate surface area is 177 Å². The molecule has 8 nitrogen and oxygen atoms in total. The average Bonchev–Trinajstić information content (AvgIpc) is 2.80. The normalized spacial score (nSPS) is 18.2. The first kappa shape index (κ1) is 20.4. The number of aromatic nitrogens is 2. The average molecular weight is 411 g/mol. The summed E-state index contributed by atoms with van der Waals surface area (Å²) in [6.07, 6.45) is 5.81. The van der Waals surface area contributed by atoms with E-state index in [9.17, 15) is 0 Å². The van der Waals surface area contributed by atoms with Crippen molar-refractivity contribution in [3.05, 3.63) is 35.7 Å². The Morgan fingerprint density at radius 2 is 1.57 bits per heavy atom. The van der Waals surface area contributed by atoms with Crippen molar-refractivity contribution in [3.63, 3.8) is 0 Å². The van der Waals surface area contributed by atoms with E-state index < -0.39 is 0 Å². The molecular formula is C22H30N6O2. The number of benzene rings is 1. The van der Waals surface area contributed by atoms with Crippen molar-refractivity contribution in [2.24, 2.45) is 5.73 Å². The Balaban J connectivity index is 1.65. The summed E-state index contributed by atoms with van der Waals surface area (Å²) in [6.45, 7) is 4.60. The standard InChI is InChI=1S/C22H30N6O2/c1-29-18-5-2-16(3-6-18)4-7-19-25-21(27-10-8-17(23)9-11-27)20(24)22(26-19)28-12-14-30-15-13-28/h2-7,17H,8-15,23-24H2,1H3. The Morgan fingerprint density at radius 1 is 0.967 bits per heavy atom. The SMILES string of the molecule is COc1ccc(C=Cc2nc(N3CCOCC3)c(N)c(N3CCC(N)CC3)n2)cc1. The van der Waals surface area contributed by atoms with Crippen molar-refractivity contribution < 1.29 is 9.47 Å². The third kappa shape index (κ3) is 4.66. The lowest BCUT2D eigenvalue weighted by Crippen LogP contribution is -2.41. The van der Waals surface area contributed by atoms with Crippen molar-refractivity contribution in [2.45, 2.75) is 18.9 Å². The Hall–Kier alpha value is -2.84. The van der Waals surface area contributed by atoms with Crippen molar-refractivity contribution >= 4 is 29.5 Å². The summed E-state index contributed by atoms with van der Waals surface area (Å²) < 4.78 is 10.7. The van der Waals surface area contributed by atoms with Crippen molar-refractivity contribution in [1.29, 1.82) is 0 Å². The van der Waals surface area contributed by atoms with Gasteiger partial charge in [-0.3, -0.25) is 0 Å². The third-order valence-electron chi connectivity index (χ3n) is 5.61. The van der Waals surface area contributed by atoms with Crippen LogP contribution < -0.4 is 26.0 Å². The van der Waals surface area contributed by atoms with Gasteiger partial charge >= 0.3 is 0 Å². The van der Waals surface area contributed by atoms with Crippen LogP contribution in [0.25, 0.3) is 12.2 Å². The third-order valence-corrected chi connectivity index (χ3v) is 5.61. The number of ether oxygens (including phenoxy) is 2. The van der Waals surface area contributed by atoms with E-state index in [1.54, 1.807) is 7.11 Å². The lowest BCUT2D eigenvalue weighted by molar-refractivity contribution is 0.122. The number of nitrogens with two attached hydrogens (primary N) is 2. The summed E-state index contributed by atoms with van der Waals surface area (Å²) in [5.74, 6) is 3.06. The summed E-state index contributed by atoms with van der Waals surface area (Å²) in [7, 11) is 1.66. The number of anilines is 3. The highest BCUT2D eigenvalue weighted by Gasteiger charge is 2.24. The summed E-state index contributed by atoms with van der Waals surface area (Å²) in [5, 5.41) is 0. The molecule has 2 saturated heterocycles. The van der Waals surface area contributed by atoms with Gasteiger partial charge in [-0.15, -0.1) is 0 Å². The molecule has 2 fully saturated rings. The highest BCUT2D eigenvalue weighted by molar-refractivity contribution is 5.79. The molecule has 4 N–H and O–H groups in total. The van der Waals surface area contributed by atoms with E-state index in [1.165, 1.54) is 0 Å². The molecule has 0 saturated carbocycles.